The summed E-state index contributed by atoms with van der Waals surface area (Å²) in [7, 11) is 0. The Labute approximate surface area is 128 Å². The highest BCUT2D eigenvalue weighted by atomic mass is 32.2. The summed E-state index contributed by atoms with van der Waals surface area (Å²) in [6, 6.07) is 19.3. The number of hydrogen-bond donors (Lipinski definition) is 1. The molecular formula is C18H16O2S. The van der Waals surface area contributed by atoms with Crippen molar-refractivity contribution < 1.29 is 9.90 Å². The molecule has 106 valence electrons. The lowest BCUT2D eigenvalue weighted by Crippen LogP contribution is -2.23. The molecule has 1 atom stereocenters. The molecular weight excluding hydrogens is 280 g/mol. The molecule has 1 N–H and O–H groups in total. The number of hydrogen-bond acceptors (Lipinski definition) is 3. The fraction of sp³-hybridized carbons (Fsp3) is 0.167. The Morgan fingerprint density at radius 1 is 1.00 bits per heavy atom. The molecule has 0 amide bonds. The molecule has 2 aromatic rings. The number of benzene rings is 2. The van der Waals surface area contributed by atoms with Crippen LogP contribution in [0.25, 0.3) is 5.57 Å². The van der Waals surface area contributed by atoms with Crippen LogP contribution < -0.4 is 0 Å². The maximum absolute atomic E-state index is 12.3. The van der Waals surface area contributed by atoms with E-state index in [4.69, 9.17) is 0 Å². The predicted octanol–water partition coefficient (Wildman–Crippen LogP) is 4.23. The van der Waals surface area contributed by atoms with Crippen LogP contribution in [0.5, 0.6) is 0 Å². The summed E-state index contributed by atoms with van der Waals surface area (Å²) in [6.07, 6.45) is 0.631. The second-order valence-corrected chi connectivity index (χ2v) is 6.85. The van der Waals surface area contributed by atoms with E-state index in [1.807, 2.05) is 67.6 Å². The van der Waals surface area contributed by atoms with E-state index in [1.54, 1.807) is 0 Å². The number of carbonyl (C=O) groups is 1. The minimum atomic E-state index is -0.594. The van der Waals surface area contributed by atoms with Crippen LogP contribution in [0.15, 0.2) is 66.4 Å². The average Bonchev–Trinajstić information content (AvgIpc) is 2.70. The minimum absolute atomic E-state index is 0.0582. The Balaban J connectivity index is 1.98. The van der Waals surface area contributed by atoms with Crippen molar-refractivity contribution in [3.05, 3.63) is 77.5 Å². The number of aliphatic hydroxyl groups is 1. The zero-order valence-corrected chi connectivity index (χ0v) is 12.6. The van der Waals surface area contributed by atoms with E-state index in [0.717, 1.165) is 11.1 Å². The van der Waals surface area contributed by atoms with Crippen LogP contribution in [0.4, 0.5) is 0 Å². The van der Waals surface area contributed by atoms with Crippen molar-refractivity contribution in [1.29, 1.82) is 0 Å². The van der Waals surface area contributed by atoms with Gasteiger partial charge < -0.3 is 5.11 Å². The van der Waals surface area contributed by atoms with E-state index in [-0.39, 0.29) is 10.9 Å². The Hall–Kier alpha value is -2.00. The van der Waals surface area contributed by atoms with E-state index in [0.29, 0.717) is 12.0 Å². The zero-order chi connectivity index (χ0) is 14.9. The van der Waals surface area contributed by atoms with Gasteiger partial charge in [0.2, 0.25) is 5.12 Å². The van der Waals surface area contributed by atoms with E-state index >= 15 is 0 Å². The molecule has 0 bridgehead atoms. The van der Waals surface area contributed by atoms with Crippen LogP contribution in [-0.4, -0.2) is 15.0 Å². The third-order valence-corrected chi connectivity index (χ3v) is 4.88. The predicted molar refractivity (Wildman–Crippen MR) is 87.1 cm³/mol. The van der Waals surface area contributed by atoms with Gasteiger partial charge in [-0.2, -0.15) is 0 Å². The lowest BCUT2D eigenvalue weighted by atomic mass is 9.94. The Morgan fingerprint density at radius 2 is 1.57 bits per heavy atom. The monoisotopic (exact) mass is 296 g/mol. The maximum Gasteiger partial charge on any atom is 0.224 e. The molecule has 3 heteroatoms. The lowest BCUT2D eigenvalue weighted by molar-refractivity contribution is -0.106. The fourth-order valence-corrected chi connectivity index (χ4v) is 3.79. The topological polar surface area (TPSA) is 37.3 Å². The Kier molecular flexibility index (Phi) is 3.60. The number of thioether (sulfide) groups is 1. The van der Waals surface area contributed by atoms with Crippen molar-refractivity contribution in [1.82, 2.24) is 0 Å². The number of rotatable bonds is 3. The first-order valence-electron chi connectivity index (χ1n) is 6.86. The first-order valence-corrected chi connectivity index (χ1v) is 7.68. The summed E-state index contributed by atoms with van der Waals surface area (Å²) in [4.78, 5) is 12.3. The summed E-state index contributed by atoms with van der Waals surface area (Å²) in [5, 5.41) is 10.6. The van der Waals surface area contributed by atoms with Crippen LogP contribution in [0.1, 0.15) is 18.1 Å². The third kappa shape index (κ3) is 2.61. The van der Waals surface area contributed by atoms with Gasteiger partial charge in [-0.15, -0.1) is 0 Å². The Morgan fingerprint density at radius 3 is 2.19 bits per heavy atom. The van der Waals surface area contributed by atoms with Crippen LogP contribution in [0.2, 0.25) is 0 Å². The molecule has 1 heterocycles. The molecule has 21 heavy (non-hydrogen) atoms. The summed E-state index contributed by atoms with van der Waals surface area (Å²) in [5.41, 5.74) is 2.34. The van der Waals surface area contributed by atoms with Gasteiger partial charge in [0.05, 0.1) is 10.3 Å². The second kappa shape index (κ2) is 5.41. The molecule has 2 aromatic carbocycles. The maximum atomic E-state index is 12.3. The van der Waals surface area contributed by atoms with Gasteiger partial charge in [-0.25, -0.2) is 0 Å². The average molecular weight is 296 g/mol. The normalized spacial score (nSPS) is 21.9. The molecule has 2 nitrogen and oxygen atoms in total. The molecule has 0 saturated heterocycles. The number of carbonyl (C=O) groups excluding carboxylic acids is 1. The molecule has 0 saturated carbocycles. The van der Waals surface area contributed by atoms with Crippen molar-refractivity contribution in [3.63, 3.8) is 0 Å². The minimum Gasteiger partial charge on any atom is -0.510 e. The van der Waals surface area contributed by atoms with Crippen molar-refractivity contribution in [2.24, 2.45) is 0 Å². The van der Waals surface area contributed by atoms with Gasteiger partial charge in [0.1, 0.15) is 5.76 Å². The van der Waals surface area contributed by atoms with E-state index in [9.17, 15) is 9.90 Å². The highest BCUT2D eigenvalue weighted by Crippen LogP contribution is 2.47. The standard InChI is InChI=1S/C18H16O2S/c1-18(12-13-8-4-2-5-9-13)16(19)15(17(20)21-18)14-10-6-3-7-11-14/h2-11,19H,12H2,1H3. The van der Waals surface area contributed by atoms with Gasteiger partial charge in [0.25, 0.3) is 0 Å². The molecule has 1 aliphatic heterocycles. The van der Waals surface area contributed by atoms with E-state index in [2.05, 4.69) is 0 Å². The molecule has 1 aliphatic rings. The molecule has 0 radical (unpaired) electrons. The molecule has 1 unspecified atom stereocenters. The smallest absolute Gasteiger partial charge is 0.224 e. The van der Waals surface area contributed by atoms with Gasteiger partial charge in [-0.1, -0.05) is 72.4 Å². The summed E-state index contributed by atoms with van der Waals surface area (Å²) < 4.78 is -0.594. The molecule has 0 aromatic heterocycles. The Bertz CT molecular complexity index is 692. The van der Waals surface area contributed by atoms with Gasteiger partial charge in [-0.05, 0) is 24.5 Å². The van der Waals surface area contributed by atoms with Crippen molar-refractivity contribution in [3.8, 4) is 0 Å². The quantitative estimate of drug-likeness (QED) is 0.921. The number of aliphatic hydroxyl groups excluding tert-OH is 1. The molecule has 0 fully saturated rings. The van der Waals surface area contributed by atoms with Gasteiger partial charge in [0, 0.05) is 0 Å². The van der Waals surface area contributed by atoms with Crippen LogP contribution in [0.3, 0.4) is 0 Å². The first-order chi connectivity index (χ1) is 10.1. The van der Waals surface area contributed by atoms with Crippen LogP contribution >= 0.6 is 11.8 Å². The van der Waals surface area contributed by atoms with Crippen molar-refractivity contribution in [2.45, 2.75) is 18.1 Å². The van der Waals surface area contributed by atoms with Gasteiger partial charge >= 0.3 is 0 Å². The summed E-state index contributed by atoms with van der Waals surface area (Å²) >= 11 is 1.21. The highest BCUT2D eigenvalue weighted by molar-refractivity contribution is 8.16. The largest absolute Gasteiger partial charge is 0.510 e. The highest BCUT2D eigenvalue weighted by Gasteiger charge is 2.43. The zero-order valence-electron chi connectivity index (χ0n) is 11.7. The van der Waals surface area contributed by atoms with Crippen molar-refractivity contribution >= 4 is 22.5 Å². The van der Waals surface area contributed by atoms with Crippen molar-refractivity contribution in [2.75, 3.05) is 0 Å². The third-order valence-electron chi connectivity index (χ3n) is 3.71. The van der Waals surface area contributed by atoms with Crippen LogP contribution in [0, 0.1) is 0 Å². The molecule has 0 aliphatic carbocycles. The SMILES string of the molecule is CC1(Cc2ccccc2)SC(=O)C(c2ccccc2)=C1O. The van der Waals surface area contributed by atoms with Crippen LogP contribution in [-0.2, 0) is 11.2 Å². The first kappa shape index (κ1) is 14.0. The molecule has 3 rings (SSSR count). The summed E-state index contributed by atoms with van der Waals surface area (Å²) in [6.45, 7) is 1.92. The molecule has 0 spiro atoms. The van der Waals surface area contributed by atoms with Gasteiger partial charge in [-0.3, -0.25) is 4.79 Å². The van der Waals surface area contributed by atoms with Gasteiger partial charge in [0.15, 0.2) is 0 Å². The summed E-state index contributed by atoms with van der Waals surface area (Å²) in [5.74, 6) is 0.188. The fourth-order valence-electron chi connectivity index (χ4n) is 2.63. The second-order valence-electron chi connectivity index (χ2n) is 5.37. The lowest BCUT2D eigenvalue weighted by Gasteiger charge is -2.22. The van der Waals surface area contributed by atoms with E-state index < -0.39 is 4.75 Å². The van der Waals surface area contributed by atoms with E-state index in [1.165, 1.54) is 11.8 Å².